The molecule has 1 heteroatoms. The van der Waals surface area contributed by atoms with Gasteiger partial charge in [-0.2, -0.15) is 0 Å². The molecule has 2 rings (SSSR count). The van der Waals surface area contributed by atoms with Crippen LogP contribution in [0.25, 0.3) is 11.1 Å². The maximum atomic E-state index is 5.98. The number of ether oxygens (including phenoxy) is 1. The maximum Gasteiger partial charge on any atom is 0.119 e. The van der Waals surface area contributed by atoms with E-state index in [1.807, 2.05) is 0 Å². The van der Waals surface area contributed by atoms with Crippen LogP contribution in [0.15, 0.2) is 48.5 Å². The lowest BCUT2D eigenvalue weighted by molar-refractivity contribution is 0.304. The Bertz CT molecular complexity index is 715. The zero-order valence-corrected chi connectivity index (χ0v) is 23.2. The SMILES string of the molecule is CCCCCCCCCCCCOc1ccc(-c2ccc(CCCCCCCCCC)cc2)cc1. The minimum absolute atomic E-state index is 0.837. The number of unbranched alkanes of at least 4 members (excludes halogenated alkanes) is 16. The van der Waals surface area contributed by atoms with Gasteiger partial charge in [0.2, 0.25) is 0 Å². The third-order valence-corrected chi connectivity index (χ3v) is 7.23. The van der Waals surface area contributed by atoms with Crippen LogP contribution in [0.2, 0.25) is 0 Å². The fourth-order valence-corrected chi connectivity index (χ4v) is 4.85. The van der Waals surface area contributed by atoms with Gasteiger partial charge in [-0.1, -0.05) is 153 Å². The van der Waals surface area contributed by atoms with Crippen LogP contribution in [0, 0.1) is 0 Å². The number of hydrogen-bond donors (Lipinski definition) is 0. The molecule has 0 atom stereocenters. The van der Waals surface area contributed by atoms with Crippen molar-refractivity contribution in [2.24, 2.45) is 0 Å². The van der Waals surface area contributed by atoms with Gasteiger partial charge in [0.1, 0.15) is 5.75 Å². The topological polar surface area (TPSA) is 9.23 Å². The third-order valence-electron chi connectivity index (χ3n) is 7.23. The molecule has 0 aromatic heterocycles. The summed E-state index contributed by atoms with van der Waals surface area (Å²) >= 11 is 0. The molecule has 0 aliphatic rings. The summed E-state index contributed by atoms with van der Waals surface area (Å²) in [5, 5.41) is 0. The Labute approximate surface area is 218 Å². The second-order valence-corrected chi connectivity index (χ2v) is 10.5. The van der Waals surface area contributed by atoms with Gasteiger partial charge >= 0.3 is 0 Å². The summed E-state index contributed by atoms with van der Waals surface area (Å²) in [6, 6.07) is 17.8. The molecule has 1 nitrogen and oxygen atoms in total. The summed E-state index contributed by atoms with van der Waals surface area (Å²) in [5.74, 6) is 0.996. The molecule has 0 spiro atoms. The highest BCUT2D eigenvalue weighted by Crippen LogP contribution is 2.24. The molecule has 0 aliphatic heterocycles. The predicted octanol–water partition coefficient (Wildman–Crippen LogP) is 11.3. The van der Waals surface area contributed by atoms with Crippen molar-refractivity contribution in [2.75, 3.05) is 6.61 Å². The highest BCUT2D eigenvalue weighted by atomic mass is 16.5. The lowest BCUT2D eigenvalue weighted by Crippen LogP contribution is -1.97. The predicted molar refractivity (Wildman–Crippen MR) is 156 cm³/mol. The van der Waals surface area contributed by atoms with Gasteiger partial charge in [-0.25, -0.2) is 0 Å². The second-order valence-electron chi connectivity index (χ2n) is 10.5. The van der Waals surface area contributed by atoms with E-state index in [2.05, 4.69) is 62.4 Å². The summed E-state index contributed by atoms with van der Waals surface area (Å²) < 4.78 is 5.98. The average Bonchev–Trinajstić information content (AvgIpc) is 2.89. The molecule has 0 saturated carbocycles. The monoisotopic (exact) mass is 478 g/mol. The van der Waals surface area contributed by atoms with Crippen molar-refractivity contribution < 1.29 is 4.74 Å². The standard InChI is InChI=1S/C34H54O/c1-3-5-7-9-11-13-14-16-18-20-30-35-34-28-26-33(27-29-34)32-24-22-31(23-25-32)21-19-17-15-12-10-8-6-4-2/h22-29H,3-21,30H2,1-2H3. The fraction of sp³-hybridized carbons (Fsp3) is 0.647. The van der Waals surface area contributed by atoms with Crippen LogP contribution in [0.5, 0.6) is 5.75 Å². The Morgan fingerprint density at radius 2 is 0.829 bits per heavy atom. The van der Waals surface area contributed by atoms with Gasteiger partial charge in [-0.3, -0.25) is 0 Å². The summed E-state index contributed by atoms with van der Waals surface area (Å²) in [4.78, 5) is 0. The van der Waals surface area contributed by atoms with E-state index in [1.54, 1.807) is 0 Å². The first-order valence-corrected chi connectivity index (χ1v) is 15.2. The maximum absolute atomic E-state index is 5.98. The van der Waals surface area contributed by atoms with Gasteiger partial charge in [0.05, 0.1) is 6.61 Å². The first-order valence-electron chi connectivity index (χ1n) is 15.2. The molecule has 0 unspecified atom stereocenters. The molecule has 0 saturated heterocycles. The lowest BCUT2D eigenvalue weighted by Gasteiger charge is -2.08. The van der Waals surface area contributed by atoms with Crippen molar-refractivity contribution in [3.05, 3.63) is 54.1 Å². The van der Waals surface area contributed by atoms with Crippen LogP contribution in [-0.2, 0) is 6.42 Å². The Morgan fingerprint density at radius 1 is 0.429 bits per heavy atom. The molecule has 35 heavy (non-hydrogen) atoms. The first-order chi connectivity index (χ1) is 17.3. The van der Waals surface area contributed by atoms with Gasteiger partial charge in [-0.15, -0.1) is 0 Å². The Balaban J connectivity index is 1.54. The van der Waals surface area contributed by atoms with Crippen molar-refractivity contribution in [3.63, 3.8) is 0 Å². The molecule has 0 amide bonds. The zero-order chi connectivity index (χ0) is 24.8. The van der Waals surface area contributed by atoms with Crippen LogP contribution in [0.1, 0.15) is 135 Å². The highest BCUT2D eigenvalue weighted by Gasteiger charge is 2.01. The molecule has 0 radical (unpaired) electrons. The van der Waals surface area contributed by atoms with E-state index in [0.717, 1.165) is 18.8 Å². The lowest BCUT2D eigenvalue weighted by atomic mass is 10.0. The summed E-state index contributed by atoms with van der Waals surface area (Å²) in [6.45, 7) is 5.41. The van der Waals surface area contributed by atoms with Crippen molar-refractivity contribution in [3.8, 4) is 16.9 Å². The molecular weight excluding hydrogens is 424 g/mol. The first kappa shape index (κ1) is 29.5. The second kappa shape index (κ2) is 20.4. The Hall–Kier alpha value is -1.76. The van der Waals surface area contributed by atoms with Gasteiger partial charge in [0.15, 0.2) is 0 Å². The molecule has 0 N–H and O–H groups in total. The molecule has 0 heterocycles. The van der Waals surface area contributed by atoms with Crippen molar-refractivity contribution in [1.29, 1.82) is 0 Å². The zero-order valence-electron chi connectivity index (χ0n) is 23.2. The Kier molecular flexibility index (Phi) is 17.2. The van der Waals surface area contributed by atoms with Gasteiger partial charge in [0.25, 0.3) is 0 Å². The average molecular weight is 479 g/mol. The van der Waals surface area contributed by atoms with Crippen LogP contribution in [0.4, 0.5) is 0 Å². The quantitative estimate of drug-likeness (QED) is 0.153. The van der Waals surface area contributed by atoms with Crippen LogP contribution in [-0.4, -0.2) is 6.61 Å². The van der Waals surface area contributed by atoms with Gasteiger partial charge in [0, 0.05) is 0 Å². The van der Waals surface area contributed by atoms with E-state index in [9.17, 15) is 0 Å². The normalized spacial score (nSPS) is 11.1. The summed E-state index contributed by atoms with van der Waals surface area (Å²) in [6.07, 6.45) is 25.9. The molecule has 0 fully saturated rings. The summed E-state index contributed by atoms with van der Waals surface area (Å²) in [7, 11) is 0. The number of aryl methyl sites for hydroxylation is 1. The van der Waals surface area contributed by atoms with E-state index in [1.165, 1.54) is 132 Å². The summed E-state index contributed by atoms with van der Waals surface area (Å²) in [5.41, 5.74) is 4.04. The molecule has 2 aromatic rings. The van der Waals surface area contributed by atoms with E-state index in [0.29, 0.717) is 0 Å². The fourth-order valence-electron chi connectivity index (χ4n) is 4.85. The van der Waals surface area contributed by atoms with Gasteiger partial charge < -0.3 is 4.74 Å². The third kappa shape index (κ3) is 14.4. The molecule has 2 aromatic carbocycles. The van der Waals surface area contributed by atoms with Crippen LogP contribution >= 0.6 is 0 Å². The van der Waals surface area contributed by atoms with Crippen LogP contribution in [0.3, 0.4) is 0 Å². The largest absolute Gasteiger partial charge is 0.494 e. The molecule has 196 valence electrons. The van der Waals surface area contributed by atoms with Crippen molar-refractivity contribution in [1.82, 2.24) is 0 Å². The number of benzene rings is 2. The van der Waals surface area contributed by atoms with E-state index < -0.39 is 0 Å². The minimum Gasteiger partial charge on any atom is -0.494 e. The highest BCUT2D eigenvalue weighted by molar-refractivity contribution is 5.64. The Morgan fingerprint density at radius 3 is 1.31 bits per heavy atom. The number of rotatable bonds is 22. The van der Waals surface area contributed by atoms with E-state index >= 15 is 0 Å². The van der Waals surface area contributed by atoms with Crippen molar-refractivity contribution >= 4 is 0 Å². The minimum atomic E-state index is 0.837. The van der Waals surface area contributed by atoms with Crippen LogP contribution < -0.4 is 4.74 Å². The smallest absolute Gasteiger partial charge is 0.119 e. The van der Waals surface area contributed by atoms with Gasteiger partial charge in [-0.05, 0) is 48.1 Å². The molecule has 0 aliphatic carbocycles. The van der Waals surface area contributed by atoms with E-state index in [4.69, 9.17) is 4.74 Å². The molecule has 0 bridgehead atoms. The van der Waals surface area contributed by atoms with E-state index in [-0.39, 0.29) is 0 Å². The van der Waals surface area contributed by atoms with Crippen molar-refractivity contribution in [2.45, 2.75) is 136 Å². The molecular formula is C34H54O. The number of hydrogen-bond acceptors (Lipinski definition) is 1.